The molecular formula is C14H22N2. The Bertz CT molecular complexity index is 360. The Kier molecular flexibility index (Phi) is 3.49. The molecule has 1 aromatic carbocycles. The molecule has 0 amide bonds. The number of hydrogen-bond donors (Lipinski definition) is 2. The third kappa shape index (κ3) is 2.56. The summed E-state index contributed by atoms with van der Waals surface area (Å²) in [4.78, 5) is 0. The number of rotatable bonds is 2. The van der Waals surface area contributed by atoms with E-state index in [0.29, 0.717) is 12.1 Å². The maximum Gasteiger partial charge on any atom is 0.0412 e. The van der Waals surface area contributed by atoms with E-state index in [1.165, 1.54) is 36.1 Å². The number of anilines is 1. The fraction of sp³-hybridized carbons (Fsp3) is 0.571. The van der Waals surface area contributed by atoms with Crippen molar-refractivity contribution in [2.24, 2.45) is 5.73 Å². The zero-order valence-electron chi connectivity index (χ0n) is 10.3. The molecule has 1 aliphatic carbocycles. The number of aryl methyl sites for hydroxylation is 2. The molecule has 1 aromatic rings. The van der Waals surface area contributed by atoms with Crippen molar-refractivity contribution >= 4 is 5.69 Å². The van der Waals surface area contributed by atoms with Gasteiger partial charge in [0.05, 0.1) is 0 Å². The molecular weight excluding hydrogens is 196 g/mol. The standard InChI is InChI=1S/C14H22N2/c1-10-7-8-13(11(2)9-10)16-14-6-4-3-5-12(14)15/h7-9,12,14,16H,3-6,15H2,1-2H3/t12-,14-/m1/s1. The van der Waals surface area contributed by atoms with Crippen LogP contribution < -0.4 is 11.1 Å². The van der Waals surface area contributed by atoms with Gasteiger partial charge in [0.1, 0.15) is 0 Å². The van der Waals surface area contributed by atoms with Crippen molar-refractivity contribution < 1.29 is 0 Å². The van der Waals surface area contributed by atoms with Gasteiger partial charge in [0.2, 0.25) is 0 Å². The second-order valence-electron chi connectivity index (χ2n) is 5.02. The summed E-state index contributed by atoms with van der Waals surface area (Å²) in [5.74, 6) is 0. The van der Waals surface area contributed by atoms with Gasteiger partial charge in [-0.25, -0.2) is 0 Å². The maximum atomic E-state index is 6.14. The Morgan fingerprint density at radius 2 is 1.94 bits per heavy atom. The molecule has 2 heteroatoms. The number of hydrogen-bond acceptors (Lipinski definition) is 2. The Morgan fingerprint density at radius 3 is 2.62 bits per heavy atom. The van der Waals surface area contributed by atoms with Crippen molar-refractivity contribution in [2.45, 2.75) is 51.6 Å². The molecule has 2 rings (SSSR count). The van der Waals surface area contributed by atoms with Crippen LogP contribution >= 0.6 is 0 Å². The molecule has 2 atom stereocenters. The van der Waals surface area contributed by atoms with E-state index in [4.69, 9.17) is 5.73 Å². The molecule has 0 spiro atoms. The fourth-order valence-electron chi connectivity index (χ4n) is 2.51. The molecule has 0 aliphatic heterocycles. The van der Waals surface area contributed by atoms with E-state index in [9.17, 15) is 0 Å². The second-order valence-corrected chi connectivity index (χ2v) is 5.02. The molecule has 88 valence electrons. The normalized spacial score (nSPS) is 25.4. The summed E-state index contributed by atoms with van der Waals surface area (Å²) in [5.41, 5.74) is 10.0. The average molecular weight is 218 g/mol. The summed E-state index contributed by atoms with van der Waals surface area (Å²) in [6.45, 7) is 4.28. The average Bonchev–Trinajstić information content (AvgIpc) is 2.25. The molecule has 1 saturated carbocycles. The van der Waals surface area contributed by atoms with Gasteiger partial charge < -0.3 is 11.1 Å². The van der Waals surface area contributed by atoms with Gasteiger partial charge in [0.15, 0.2) is 0 Å². The minimum atomic E-state index is 0.314. The van der Waals surface area contributed by atoms with Gasteiger partial charge in [0.25, 0.3) is 0 Å². The van der Waals surface area contributed by atoms with Crippen molar-refractivity contribution in [3.63, 3.8) is 0 Å². The molecule has 0 aromatic heterocycles. The van der Waals surface area contributed by atoms with Crippen molar-refractivity contribution in [1.29, 1.82) is 0 Å². The molecule has 0 unspecified atom stereocenters. The SMILES string of the molecule is Cc1ccc(N[C@@H]2CCCC[C@H]2N)c(C)c1. The third-order valence-corrected chi connectivity index (χ3v) is 3.54. The van der Waals surface area contributed by atoms with E-state index in [1.54, 1.807) is 0 Å². The zero-order chi connectivity index (χ0) is 11.5. The van der Waals surface area contributed by atoms with E-state index in [-0.39, 0.29) is 0 Å². The van der Waals surface area contributed by atoms with Crippen LogP contribution in [0.25, 0.3) is 0 Å². The number of benzene rings is 1. The summed E-state index contributed by atoms with van der Waals surface area (Å²) >= 11 is 0. The smallest absolute Gasteiger partial charge is 0.0412 e. The summed E-state index contributed by atoms with van der Waals surface area (Å²) in [5, 5.41) is 3.60. The van der Waals surface area contributed by atoms with Gasteiger partial charge >= 0.3 is 0 Å². The van der Waals surface area contributed by atoms with Gasteiger partial charge in [-0.1, -0.05) is 30.5 Å². The first-order valence-corrected chi connectivity index (χ1v) is 6.26. The maximum absolute atomic E-state index is 6.14. The molecule has 2 nitrogen and oxygen atoms in total. The monoisotopic (exact) mass is 218 g/mol. The number of nitrogens with one attached hydrogen (secondary N) is 1. The van der Waals surface area contributed by atoms with Crippen molar-refractivity contribution in [1.82, 2.24) is 0 Å². The van der Waals surface area contributed by atoms with Crippen LogP contribution in [0, 0.1) is 13.8 Å². The van der Waals surface area contributed by atoms with E-state index in [1.807, 2.05) is 0 Å². The van der Waals surface area contributed by atoms with Crippen molar-refractivity contribution in [2.75, 3.05) is 5.32 Å². The quantitative estimate of drug-likeness (QED) is 0.801. The van der Waals surface area contributed by atoms with E-state index < -0.39 is 0 Å². The van der Waals surface area contributed by atoms with E-state index in [0.717, 1.165) is 6.42 Å². The summed E-state index contributed by atoms with van der Waals surface area (Å²) in [6.07, 6.45) is 4.94. The van der Waals surface area contributed by atoms with Crippen LogP contribution in [0.3, 0.4) is 0 Å². The minimum absolute atomic E-state index is 0.314. The van der Waals surface area contributed by atoms with Crippen LogP contribution in [0.4, 0.5) is 5.69 Å². The first-order chi connectivity index (χ1) is 7.66. The third-order valence-electron chi connectivity index (χ3n) is 3.54. The van der Waals surface area contributed by atoms with E-state index in [2.05, 4.69) is 37.4 Å². The first kappa shape index (κ1) is 11.5. The Hall–Kier alpha value is -1.02. The molecule has 0 radical (unpaired) electrons. The van der Waals surface area contributed by atoms with Crippen LogP contribution in [0.5, 0.6) is 0 Å². The van der Waals surface area contributed by atoms with Crippen molar-refractivity contribution in [3.8, 4) is 0 Å². The Labute approximate surface area is 98.2 Å². The van der Waals surface area contributed by atoms with Crippen LogP contribution in [0.1, 0.15) is 36.8 Å². The highest BCUT2D eigenvalue weighted by Gasteiger charge is 2.21. The van der Waals surface area contributed by atoms with Gasteiger partial charge in [-0.2, -0.15) is 0 Å². The lowest BCUT2D eigenvalue weighted by molar-refractivity contribution is 0.404. The van der Waals surface area contributed by atoms with E-state index >= 15 is 0 Å². The summed E-state index contributed by atoms with van der Waals surface area (Å²) in [6, 6.07) is 7.32. The highest BCUT2D eigenvalue weighted by Crippen LogP contribution is 2.23. The molecule has 0 saturated heterocycles. The molecule has 16 heavy (non-hydrogen) atoms. The fourth-order valence-corrected chi connectivity index (χ4v) is 2.51. The summed E-state index contributed by atoms with van der Waals surface area (Å²) < 4.78 is 0. The highest BCUT2D eigenvalue weighted by atomic mass is 15.0. The van der Waals surface area contributed by atoms with Gasteiger partial charge in [-0.15, -0.1) is 0 Å². The Balaban J connectivity index is 2.07. The largest absolute Gasteiger partial charge is 0.381 e. The predicted octanol–water partition coefficient (Wildman–Crippen LogP) is 2.99. The molecule has 0 heterocycles. The van der Waals surface area contributed by atoms with Gasteiger partial charge in [-0.05, 0) is 38.3 Å². The topological polar surface area (TPSA) is 38.0 Å². The molecule has 3 N–H and O–H groups in total. The van der Waals surface area contributed by atoms with Crippen LogP contribution in [0.2, 0.25) is 0 Å². The first-order valence-electron chi connectivity index (χ1n) is 6.26. The van der Waals surface area contributed by atoms with Crippen LogP contribution in [0.15, 0.2) is 18.2 Å². The lowest BCUT2D eigenvalue weighted by atomic mass is 9.90. The lowest BCUT2D eigenvalue weighted by Crippen LogP contribution is -2.42. The summed E-state index contributed by atoms with van der Waals surface area (Å²) in [7, 11) is 0. The second kappa shape index (κ2) is 4.88. The minimum Gasteiger partial charge on any atom is -0.381 e. The van der Waals surface area contributed by atoms with Gasteiger partial charge in [0, 0.05) is 17.8 Å². The highest BCUT2D eigenvalue weighted by molar-refractivity contribution is 5.52. The van der Waals surface area contributed by atoms with Crippen LogP contribution in [-0.4, -0.2) is 12.1 Å². The molecule has 0 bridgehead atoms. The molecule has 1 fully saturated rings. The lowest BCUT2D eigenvalue weighted by Gasteiger charge is -2.30. The van der Waals surface area contributed by atoms with Crippen molar-refractivity contribution in [3.05, 3.63) is 29.3 Å². The predicted molar refractivity (Wildman–Crippen MR) is 69.8 cm³/mol. The number of nitrogens with two attached hydrogens (primary N) is 1. The van der Waals surface area contributed by atoms with Gasteiger partial charge in [-0.3, -0.25) is 0 Å². The Morgan fingerprint density at radius 1 is 1.19 bits per heavy atom. The zero-order valence-corrected chi connectivity index (χ0v) is 10.3. The molecule has 1 aliphatic rings. The van der Waals surface area contributed by atoms with Crippen LogP contribution in [-0.2, 0) is 0 Å².